The van der Waals surface area contributed by atoms with Gasteiger partial charge >= 0.3 is 0 Å². The molecule has 0 spiro atoms. The standard InChI is InChI=1S/C12H22NO/c1-13(2,3)7-11-9-4-5-10(6-9)12(11)8-14/h4-5,9-12,14H,6-8H2,1-3H3/q+1/t9-,10+,11+,12+/m1/s1. The van der Waals surface area contributed by atoms with Gasteiger partial charge in [-0.15, -0.1) is 0 Å². The molecule has 0 aromatic carbocycles. The lowest BCUT2D eigenvalue weighted by atomic mass is 9.83. The average molecular weight is 196 g/mol. The Morgan fingerprint density at radius 1 is 1.14 bits per heavy atom. The molecule has 1 N–H and O–H groups in total. The Balaban J connectivity index is 2.08. The Labute approximate surface area is 86.8 Å². The highest BCUT2D eigenvalue weighted by Gasteiger charge is 2.45. The molecule has 0 aromatic heterocycles. The smallest absolute Gasteiger partial charge is 0.0818 e. The monoisotopic (exact) mass is 196 g/mol. The van der Waals surface area contributed by atoms with Crippen molar-refractivity contribution < 1.29 is 9.59 Å². The van der Waals surface area contributed by atoms with Gasteiger partial charge in [-0.25, -0.2) is 0 Å². The van der Waals surface area contributed by atoms with Gasteiger partial charge in [0.2, 0.25) is 0 Å². The van der Waals surface area contributed by atoms with Crippen LogP contribution < -0.4 is 0 Å². The maximum atomic E-state index is 9.41. The van der Waals surface area contributed by atoms with E-state index in [9.17, 15) is 5.11 Å². The van der Waals surface area contributed by atoms with Crippen LogP contribution in [-0.2, 0) is 0 Å². The van der Waals surface area contributed by atoms with Gasteiger partial charge in [-0.05, 0) is 24.2 Å². The minimum atomic E-state index is 0.371. The number of nitrogens with zero attached hydrogens (tertiary/aromatic N) is 1. The molecule has 14 heavy (non-hydrogen) atoms. The van der Waals surface area contributed by atoms with Crippen molar-refractivity contribution in [3.63, 3.8) is 0 Å². The van der Waals surface area contributed by atoms with Gasteiger partial charge < -0.3 is 9.59 Å². The zero-order valence-electron chi connectivity index (χ0n) is 9.48. The van der Waals surface area contributed by atoms with E-state index in [1.54, 1.807) is 0 Å². The van der Waals surface area contributed by atoms with Gasteiger partial charge in [0.1, 0.15) is 0 Å². The maximum absolute atomic E-state index is 9.41. The van der Waals surface area contributed by atoms with Crippen molar-refractivity contribution in [2.24, 2.45) is 23.7 Å². The number of hydrogen-bond acceptors (Lipinski definition) is 1. The molecule has 2 rings (SSSR count). The van der Waals surface area contributed by atoms with E-state index in [0.29, 0.717) is 24.4 Å². The van der Waals surface area contributed by atoms with E-state index in [1.165, 1.54) is 13.0 Å². The van der Waals surface area contributed by atoms with Crippen LogP contribution in [0.5, 0.6) is 0 Å². The third-order valence-electron chi connectivity index (χ3n) is 3.77. The van der Waals surface area contributed by atoms with E-state index in [2.05, 4.69) is 33.3 Å². The van der Waals surface area contributed by atoms with Gasteiger partial charge in [0, 0.05) is 12.5 Å². The molecule has 1 saturated carbocycles. The van der Waals surface area contributed by atoms with Crippen molar-refractivity contribution in [2.75, 3.05) is 34.3 Å². The molecular formula is C12H22NO+. The Bertz CT molecular complexity index is 241. The van der Waals surface area contributed by atoms with Gasteiger partial charge in [-0.1, -0.05) is 12.2 Å². The summed E-state index contributed by atoms with van der Waals surface area (Å²) in [5, 5.41) is 9.41. The van der Waals surface area contributed by atoms with E-state index >= 15 is 0 Å². The van der Waals surface area contributed by atoms with Gasteiger partial charge in [0.25, 0.3) is 0 Å². The summed E-state index contributed by atoms with van der Waals surface area (Å²) in [5.74, 6) is 2.65. The van der Waals surface area contributed by atoms with Crippen molar-refractivity contribution in [3.05, 3.63) is 12.2 Å². The largest absolute Gasteiger partial charge is 0.396 e. The molecular weight excluding hydrogens is 174 g/mol. The summed E-state index contributed by atoms with van der Waals surface area (Å²) in [7, 11) is 6.72. The van der Waals surface area contributed by atoms with Crippen LogP contribution in [0.4, 0.5) is 0 Å². The van der Waals surface area contributed by atoms with Crippen LogP contribution in [0.2, 0.25) is 0 Å². The normalized spacial score (nSPS) is 40.9. The second kappa shape index (κ2) is 3.35. The van der Waals surface area contributed by atoms with Crippen LogP contribution in [0.15, 0.2) is 12.2 Å². The number of fused-ring (bicyclic) bond motifs is 2. The molecule has 2 nitrogen and oxygen atoms in total. The highest BCUT2D eigenvalue weighted by molar-refractivity contribution is 5.13. The van der Waals surface area contributed by atoms with Crippen LogP contribution in [0.25, 0.3) is 0 Å². The van der Waals surface area contributed by atoms with E-state index in [1.807, 2.05) is 0 Å². The SMILES string of the molecule is C[N+](C)(C)C[C@@H]1[C@@H](CO)[C@H]2C=C[C@@H]1C2. The molecule has 0 unspecified atom stereocenters. The number of hydrogen-bond donors (Lipinski definition) is 1. The Morgan fingerprint density at radius 3 is 2.21 bits per heavy atom. The lowest BCUT2D eigenvalue weighted by Crippen LogP contribution is -2.43. The minimum Gasteiger partial charge on any atom is -0.396 e. The van der Waals surface area contributed by atoms with E-state index in [0.717, 1.165) is 10.4 Å². The van der Waals surface area contributed by atoms with Gasteiger partial charge in [0.15, 0.2) is 0 Å². The zero-order chi connectivity index (χ0) is 10.3. The molecule has 80 valence electrons. The predicted octanol–water partition coefficient (Wildman–Crippen LogP) is 1.12. The van der Waals surface area contributed by atoms with Crippen molar-refractivity contribution in [1.29, 1.82) is 0 Å². The zero-order valence-corrected chi connectivity index (χ0v) is 9.48. The minimum absolute atomic E-state index is 0.371. The molecule has 2 aliphatic rings. The van der Waals surface area contributed by atoms with Crippen LogP contribution in [0.1, 0.15) is 6.42 Å². The van der Waals surface area contributed by atoms with Crippen molar-refractivity contribution in [1.82, 2.24) is 0 Å². The van der Waals surface area contributed by atoms with Crippen molar-refractivity contribution in [2.45, 2.75) is 6.42 Å². The Kier molecular flexibility index (Phi) is 2.44. The third kappa shape index (κ3) is 1.73. The summed E-state index contributed by atoms with van der Waals surface area (Å²) in [4.78, 5) is 0. The van der Waals surface area contributed by atoms with Crippen LogP contribution in [0, 0.1) is 23.7 Å². The first-order valence-corrected chi connectivity index (χ1v) is 5.61. The molecule has 0 heterocycles. The number of aliphatic hydroxyl groups excluding tert-OH is 1. The van der Waals surface area contributed by atoms with E-state index < -0.39 is 0 Å². The number of aliphatic hydroxyl groups is 1. The molecule has 0 aromatic rings. The van der Waals surface area contributed by atoms with Crippen LogP contribution >= 0.6 is 0 Å². The van der Waals surface area contributed by atoms with Crippen molar-refractivity contribution in [3.8, 4) is 0 Å². The topological polar surface area (TPSA) is 20.2 Å². The fourth-order valence-electron chi connectivity index (χ4n) is 3.20. The number of allylic oxidation sites excluding steroid dienone is 2. The highest BCUT2D eigenvalue weighted by atomic mass is 16.3. The van der Waals surface area contributed by atoms with Crippen LogP contribution in [-0.4, -0.2) is 43.9 Å². The molecule has 0 saturated heterocycles. The number of rotatable bonds is 3. The maximum Gasteiger partial charge on any atom is 0.0818 e. The molecule has 4 atom stereocenters. The van der Waals surface area contributed by atoms with Gasteiger partial charge in [0.05, 0.1) is 27.7 Å². The molecule has 0 radical (unpaired) electrons. The first kappa shape index (κ1) is 10.2. The average Bonchev–Trinajstić information content (AvgIpc) is 2.60. The summed E-state index contributed by atoms with van der Waals surface area (Å²) in [6.45, 7) is 1.56. The molecule has 2 heteroatoms. The fraction of sp³-hybridized carbons (Fsp3) is 0.833. The highest BCUT2D eigenvalue weighted by Crippen LogP contribution is 2.48. The summed E-state index contributed by atoms with van der Waals surface area (Å²) in [6.07, 6.45) is 5.98. The second-order valence-corrected chi connectivity index (χ2v) is 5.93. The molecule has 2 aliphatic carbocycles. The first-order valence-electron chi connectivity index (χ1n) is 5.61. The Hall–Kier alpha value is -0.340. The second-order valence-electron chi connectivity index (χ2n) is 5.93. The molecule has 2 bridgehead atoms. The summed E-state index contributed by atoms with van der Waals surface area (Å²) < 4.78 is 1.01. The van der Waals surface area contributed by atoms with Crippen molar-refractivity contribution >= 4 is 0 Å². The Morgan fingerprint density at radius 2 is 1.71 bits per heavy atom. The molecule has 0 aliphatic heterocycles. The lowest BCUT2D eigenvalue weighted by molar-refractivity contribution is -0.874. The van der Waals surface area contributed by atoms with Crippen LogP contribution in [0.3, 0.4) is 0 Å². The lowest BCUT2D eigenvalue weighted by Gasteiger charge is -2.33. The molecule has 0 amide bonds. The predicted molar refractivity (Wildman–Crippen MR) is 57.7 cm³/mol. The fourth-order valence-corrected chi connectivity index (χ4v) is 3.20. The van der Waals surface area contributed by atoms with Gasteiger partial charge in [-0.3, -0.25) is 0 Å². The molecule has 1 fully saturated rings. The summed E-state index contributed by atoms with van der Waals surface area (Å²) in [6, 6.07) is 0. The quantitative estimate of drug-likeness (QED) is 0.530. The first-order chi connectivity index (χ1) is 6.51. The van der Waals surface area contributed by atoms with Gasteiger partial charge in [-0.2, -0.15) is 0 Å². The van der Waals surface area contributed by atoms with E-state index in [4.69, 9.17) is 0 Å². The third-order valence-corrected chi connectivity index (χ3v) is 3.77. The number of quaternary nitrogens is 1. The summed E-state index contributed by atoms with van der Waals surface area (Å²) >= 11 is 0. The summed E-state index contributed by atoms with van der Waals surface area (Å²) in [5.41, 5.74) is 0. The van der Waals surface area contributed by atoms with E-state index in [-0.39, 0.29) is 0 Å².